The molecule has 0 aliphatic carbocycles. The van der Waals surface area contributed by atoms with Crippen LogP contribution in [0.3, 0.4) is 0 Å². The number of aryl methyl sites for hydroxylation is 1. The van der Waals surface area contributed by atoms with E-state index >= 15 is 0 Å². The van der Waals surface area contributed by atoms with Crippen LogP contribution in [-0.2, 0) is 11.2 Å². The summed E-state index contributed by atoms with van der Waals surface area (Å²) in [6, 6.07) is 17.4. The summed E-state index contributed by atoms with van der Waals surface area (Å²) < 4.78 is 4.88. The second-order valence-corrected chi connectivity index (χ2v) is 9.03. The van der Waals surface area contributed by atoms with Gasteiger partial charge in [-0.05, 0) is 61.1 Å². The molecule has 29 heavy (non-hydrogen) atoms. The van der Waals surface area contributed by atoms with E-state index in [9.17, 15) is 4.79 Å². The lowest BCUT2D eigenvalue weighted by Crippen LogP contribution is -2.20. The van der Waals surface area contributed by atoms with Gasteiger partial charge in [-0.3, -0.25) is 0 Å². The summed E-state index contributed by atoms with van der Waals surface area (Å²) in [5, 5.41) is 8.15. The standard InChI is InChI=1S/C21H19ClN2O2S3/c1-3-14-12-16(20(25)26-2)19(29-14)24-21(27)23-17-6-4-5-7-18(17)28-15-10-8-13(22)9-11-15/h4-12H,3H2,1-2H3,(H2,23,24,27). The van der Waals surface area contributed by atoms with Gasteiger partial charge in [0.05, 0.1) is 18.4 Å². The molecule has 3 rings (SSSR count). The summed E-state index contributed by atoms with van der Waals surface area (Å²) in [5.41, 5.74) is 1.36. The number of halogens is 1. The molecule has 0 radical (unpaired) electrons. The van der Waals surface area contributed by atoms with E-state index in [1.807, 2.05) is 61.5 Å². The molecule has 0 aliphatic heterocycles. The molecule has 0 aliphatic rings. The normalized spacial score (nSPS) is 10.4. The van der Waals surface area contributed by atoms with Gasteiger partial charge in [0.2, 0.25) is 0 Å². The Bertz CT molecular complexity index is 1020. The number of benzene rings is 2. The highest BCUT2D eigenvalue weighted by Crippen LogP contribution is 2.34. The van der Waals surface area contributed by atoms with Crippen molar-refractivity contribution in [1.29, 1.82) is 0 Å². The first-order valence-corrected chi connectivity index (χ1v) is 11.2. The van der Waals surface area contributed by atoms with E-state index in [4.69, 9.17) is 28.6 Å². The zero-order valence-corrected chi connectivity index (χ0v) is 19.0. The number of esters is 1. The quantitative estimate of drug-likeness (QED) is 0.313. The Kier molecular flexibility index (Phi) is 7.55. The Hall–Kier alpha value is -2.06. The fourth-order valence-corrected chi connectivity index (χ4v) is 4.81. The van der Waals surface area contributed by atoms with Crippen molar-refractivity contribution < 1.29 is 9.53 Å². The van der Waals surface area contributed by atoms with Crippen LogP contribution in [0.15, 0.2) is 64.4 Å². The number of thiophene rings is 1. The predicted octanol–water partition coefficient (Wildman–Crippen LogP) is 6.71. The minimum absolute atomic E-state index is 0.384. The lowest BCUT2D eigenvalue weighted by atomic mass is 10.2. The number of thiocarbonyl (C=S) groups is 1. The molecule has 0 atom stereocenters. The smallest absolute Gasteiger partial charge is 0.340 e. The van der Waals surface area contributed by atoms with Crippen LogP contribution in [0.5, 0.6) is 0 Å². The molecule has 1 aromatic heterocycles. The molecule has 150 valence electrons. The van der Waals surface area contributed by atoms with E-state index < -0.39 is 0 Å². The van der Waals surface area contributed by atoms with Gasteiger partial charge in [-0.15, -0.1) is 11.3 Å². The molecule has 0 fully saturated rings. The van der Waals surface area contributed by atoms with Crippen LogP contribution in [0.25, 0.3) is 0 Å². The number of nitrogens with one attached hydrogen (secondary N) is 2. The largest absolute Gasteiger partial charge is 0.465 e. The number of para-hydroxylation sites is 1. The SMILES string of the molecule is CCc1cc(C(=O)OC)c(NC(=S)Nc2ccccc2Sc2ccc(Cl)cc2)s1. The van der Waals surface area contributed by atoms with Crippen LogP contribution >= 0.6 is 46.9 Å². The van der Waals surface area contributed by atoms with Crippen LogP contribution < -0.4 is 10.6 Å². The summed E-state index contributed by atoms with van der Waals surface area (Å²) in [5.74, 6) is -0.384. The zero-order valence-electron chi connectivity index (χ0n) is 15.8. The van der Waals surface area contributed by atoms with Gasteiger partial charge in [0.25, 0.3) is 0 Å². The summed E-state index contributed by atoms with van der Waals surface area (Å²) >= 11 is 14.6. The molecular weight excluding hydrogens is 444 g/mol. The first-order chi connectivity index (χ1) is 14.0. The minimum Gasteiger partial charge on any atom is -0.465 e. The third kappa shape index (κ3) is 5.73. The predicted molar refractivity (Wildman–Crippen MR) is 127 cm³/mol. The van der Waals surface area contributed by atoms with Crippen LogP contribution in [0.4, 0.5) is 10.7 Å². The molecule has 8 heteroatoms. The van der Waals surface area contributed by atoms with Gasteiger partial charge in [-0.25, -0.2) is 4.79 Å². The molecule has 2 N–H and O–H groups in total. The van der Waals surface area contributed by atoms with Crippen molar-refractivity contribution in [3.63, 3.8) is 0 Å². The summed E-state index contributed by atoms with van der Waals surface area (Å²) in [7, 11) is 1.37. The highest BCUT2D eigenvalue weighted by molar-refractivity contribution is 7.99. The molecule has 0 amide bonds. The van der Waals surface area contributed by atoms with Crippen LogP contribution in [-0.4, -0.2) is 18.2 Å². The molecule has 4 nitrogen and oxygen atoms in total. The van der Waals surface area contributed by atoms with Crippen molar-refractivity contribution in [2.24, 2.45) is 0 Å². The lowest BCUT2D eigenvalue weighted by molar-refractivity contribution is 0.0602. The molecule has 0 saturated heterocycles. The molecule has 0 spiro atoms. The topological polar surface area (TPSA) is 50.4 Å². The van der Waals surface area contributed by atoms with E-state index in [1.165, 1.54) is 18.4 Å². The number of hydrogen-bond acceptors (Lipinski definition) is 5. The average molecular weight is 463 g/mol. The van der Waals surface area contributed by atoms with Gasteiger partial charge >= 0.3 is 5.97 Å². The van der Waals surface area contributed by atoms with Crippen molar-refractivity contribution in [2.75, 3.05) is 17.7 Å². The third-order valence-electron chi connectivity index (χ3n) is 3.94. The van der Waals surface area contributed by atoms with E-state index in [2.05, 4.69) is 10.6 Å². The monoisotopic (exact) mass is 462 g/mol. The Labute approximate surface area is 188 Å². The Morgan fingerprint density at radius 1 is 1.17 bits per heavy atom. The van der Waals surface area contributed by atoms with Crippen molar-refractivity contribution in [3.05, 3.63) is 70.1 Å². The fraction of sp³-hybridized carbons (Fsp3) is 0.143. The molecule has 3 aromatic rings. The van der Waals surface area contributed by atoms with Gasteiger partial charge in [0, 0.05) is 19.7 Å². The molecule has 0 bridgehead atoms. The number of hydrogen-bond donors (Lipinski definition) is 2. The Balaban J connectivity index is 1.76. The number of carbonyl (C=O) groups excluding carboxylic acids is 1. The van der Waals surface area contributed by atoms with Crippen molar-refractivity contribution >= 4 is 68.7 Å². The first-order valence-electron chi connectivity index (χ1n) is 8.81. The summed E-state index contributed by atoms with van der Waals surface area (Å²) in [6.45, 7) is 2.04. The van der Waals surface area contributed by atoms with Gasteiger partial charge in [-0.2, -0.15) is 0 Å². The Morgan fingerprint density at radius 2 is 1.90 bits per heavy atom. The second-order valence-electron chi connectivity index (χ2n) is 5.93. The number of anilines is 2. The van der Waals surface area contributed by atoms with E-state index in [1.54, 1.807) is 11.8 Å². The van der Waals surface area contributed by atoms with E-state index in [0.717, 1.165) is 26.8 Å². The van der Waals surface area contributed by atoms with Crippen molar-refractivity contribution in [3.8, 4) is 0 Å². The number of methoxy groups -OCH3 is 1. The zero-order chi connectivity index (χ0) is 20.8. The lowest BCUT2D eigenvalue weighted by Gasteiger charge is -2.14. The summed E-state index contributed by atoms with van der Waals surface area (Å²) in [4.78, 5) is 15.2. The van der Waals surface area contributed by atoms with Crippen LogP contribution in [0, 0.1) is 0 Å². The highest BCUT2D eigenvalue weighted by atomic mass is 35.5. The van der Waals surface area contributed by atoms with E-state index in [0.29, 0.717) is 20.7 Å². The van der Waals surface area contributed by atoms with Crippen LogP contribution in [0.2, 0.25) is 5.02 Å². The first kappa shape index (κ1) is 21.6. The fourth-order valence-electron chi connectivity index (χ4n) is 2.52. The third-order valence-corrected chi connectivity index (χ3v) is 6.68. The van der Waals surface area contributed by atoms with Gasteiger partial charge in [0.15, 0.2) is 5.11 Å². The van der Waals surface area contributed by atoms with Crippen LogP contribution in [0.1, 0.15) is 22.2 Å². The minimum atomic E-state index is -0.384. The molecule has 0 saturated carbocycles. The van der Waals surface area contributed by atoms with Gasteiger partial charge in [-0.1, -0.05) is 42.4 Å². The van der Waals surface area contributed by atoms with E-state index in [-0.39, 0.29) is 5.97 Å². The van der Waals surface area contributed by atoms with Crippen molar-refractivity contribution in [1.82, 2.24) is 0 Å². The van der Waals surface area contributed by atoms with Gasteiger partial charge in [0.1, 0.15) is 5.00 Å². The maximum absolute atomic E-state index is 12.1. The molecule has 1 heterocycles. The Morgan fingerprint density at radius 3 is 2.59 bits per heavy atom. The molecular formula is C21H19ClN2O2S3. The molecule has 2 aromatic carbocycles. The van der Waals surface area contributed by atoms with Gasteiger partial charge < -0.3 is 15.4 Å². The highest BCUT2D eigenvalue weighted by Gasteiger charge is 2.17. The maximum atomic E-state index is 12.1. The number of carbonyl (C=O) groups is 1. The maximum Gasteiger partial charge on any atom is 0.340 e. The van der Waals surface area contributed by atoms with Crippen molar-refractivity contribution in [2.45, 2.75) is 23.1 Å². The number of ether oxygens (including phenoxy) is 1. The average Bonchev–Trinajstić information content (AvgIpc) is 3.13. The second kappa shape index (κ2) is 10.1. The number of rotatable bonds is 6. The summed E-state index contributed by atoms with van der Waals surface area (Å²) in [6.07, 6.45) is 0.830. The molecule has 0 unspecified atom stereocenters.